The zero-order chi connectivity index (χ0) is 17.4. The number of nitrogens with zero attached hydrogens (tertiary/aromatic N) is 1. The molecule has 2 rings (SSSR count). The molecule has 0 radical (unpaired) electrons. The van der Waals surface area contributed by atoms with E-state index in [1.165, 1.54) is 0 Å². The van der Waals surface area contributed by atoms with Crippen LogP contribution in [-0.4, -0.2) is 53.3 Å². The maximum absolute atomic E-state index is 12.0. The van der Waals surface area contributed by atoms with Crippen molar-refractivity contribution in [3.63, 3.8) is 0 Å². The Labute approximate surface area is 141 Å². The molecule has 1 amide bonds. The zero-order valence-electron chi connectivity index (χ0n) is 13.7. The van der Waals surface area contributed by atoms with Gasteiger partial charge in [-0.05, 0) is 19.3 Å². The average molecular weight is 332 g/mol. The van der Waals surface area contributed by atoms with E-state index in [0.717, 1.165) is 12.8 Å². The van der Waals surface area contributed by atoms with Gasteiger partial charge in [0.05, 0.1) is 6.54 Å². The van der Waals surface area contributed by atoms with Crippen molar-refractivity contribution >= 4 is 17.7 Å². The van der Waals surface area contributed by atoms with Gasteiger partial charge in [-0.25, -0.2) is 0 Å². The molecule has 2 N–H and O–H groups in total. The summed E-state index contributed by atoms with van der Waals surface area (Å²) in [6.45, 7) is 1.43. The second-order valence-corrected chi connectivity index (χ2v) is 6.15. The van der Waals surface area contributed by atoms with Gasteiger partial charge in [0.25, 0.3) is 0 Å². The summed E-state index contributed by atoms with van der Waals surface area (Å²) in [6.07, 6.45) is 2.78. The van der Waals surface area contributed by atoms with E-state index in [-0.39, 0.29) is 24.3 Å². The fourth-order valence-corrected chi connectivity index (χ4v) is 2.90. The summed E-state index contributed by atoms with van der Waals surface area (Å²) in [5, 5.41) is 11.7. The Morgan fingerprint density at radius 2 is 1.75 bits per heavy atom. The molecule has 0 aromatic heterocycles. The van der Waals surface area contributed by atoms with Crippen LogP contribution in [0.4, 0.5) is 0 Å². The second-order valence-electron chi connectivity index (χ2n) is 6.15. The van der Waals surface area contributed by atoms with Crippen LogP contribution < -0.4 is 5.32 Å². The number of carbonyl (C=O) groups excluding carboxylic acids is 2. The van der Waals surface area contributed by atoms with Gasteiger partial charge in [0.1, 0.15) is 0 Å². The number of ketones is 1. The van der Waals surface area contributed by atoms with Crippen LogP contribution in [0, 0.1) is 0 Å². The third-order valence-corrected chi connectivity index (χ3v) is 4.21. The minimum absolute atomic E-state index is 0.0347. The van der Waals surface area contributed by atoms with Crippen LogP contribution in [0.3, 0.4) is 0 Å². The molecule has 0 saturated carbocycles. The van der Waals surface area contributed by atoms with Gasteiger partial charge < -0.3 is 10.4 Å². The first-order chi connectivity index (χ1) is 11.5. The Morgan fingerprint density at radius 1 is 1.08 bits per heavy atom. The highest BCUT2D eigenvalue weighted by molar-refractivity contribution is 5.96. The van der Waals surface area contributed by atoms with Crippen LogP contribution >= 0.6 is 0 Å². The van der Waals surface area contributed by atoms with Crippen LogP contribution in [0.5, 0.6) is 0 Å². The number of carbonyl (C=O) groups is 3. The van der Waals surface area contributed by atoms with E-state index in [4.69, 9.17) is 5.11 Å². The molecule has 0 aliphatic carbocycles. The van der Waals surface area contributed by atoms with Crippen LogP contribution in [0.15, 0.2) is 30.3 Å². The summed E-state index contributed by atoms with van der Waals surface area (Å²) in [7, 11) is 0. The monoisotopic (exact) mass is 332 g/mol. The maximum Gasteiger partial charge on any atom is 0.317 e. The largest absolute Gasteiger partial charge is 0.480 e. The molecular formula is C18H24N2O4. The van der Waals surface area contributed by atoms with E-state index in [1.807, 2.05) is 23.1 Å². The number of Topliss-reactive ketones (excluding diaryl/α,β-unsaturated/α-hetero) is 1. The summed E-state index contributed by atoms with van der Waals surface area (Å²) in [5.74, 6) is -0.793. The predicted molar refractivity (Wildman–Crippen MR) is 89.9 cm³/mol. The Balaban J connectivity index is 1.62. The van der Waals surface area contributed by atoms with Crippen LogP contribution in [0.25, 0.3) is 0 Å². The lowest BCUT2D eigenvalue weighted by molar-refractivity contribution is -0.138. The quantitative estimate of drug-likeness (QED) is 0.708. The van der Waals surface area contributed by atoms with E-state index in [2.05, 4.69) is 5.32 Å². The molecule has 1 saturated heterocycles. The smallest absolute Gasteiger partial charge is 0.317 e. The minimum Gasteiger partial charge on any atom is -0.480 e. The molecule has 6 heteroatoms. The number of amides is 1. The molecule has 1 aliphatic heterocycles. The number of carboxylic acid groups (broad SMARTS) is 1. The Bertz CT molecular complexity index is 566. The first kappa shape index (κ1) is 18.1. The van der Waals surface area contributed by atoms with E-state index < -0.39 is 5.97 Å². The molecule has 1 fully saturated rings. The van der Waals surface area contributed by atoms with Gasteiger partial charge in [-0.2, -0.15) is 0 Å². The molecule has 6 nitrogen and oxygen atoms in total. The van der Waals surface area contributed by atoms with Crippen LogP contribution in [0.2, 0.25) is 0 Å². The lowest BCUT2D eigenvalue weighted by atomic mass is 10.0. The van der Waals surface area contributed by atoms with E-state index in [0.29, 0.717) is 37.9 Å². The highest BCUT2D eigenvalue weighted by atomic mass is 16.4. The van der Waals surface area contributed by atoms with Crippen molar-refractivity contribution < 1.29 is 19.5 Å². The summed E-state index contributed by atoms with van der Waals surface area (Å²) < 4.78 is 0. The lowest BCUT2D eigenvalue weighted by Crippen LogP contribution is -2.45. The highest BCUT2D eigenvalue weighted by Crippen LogP contribution is 2.11. The molecule has 1 aliphatic rings. The summed E-state index contributed by atoms with van der Waals surface area (Å²) in [4.78, 5) is 36.5. The van der Waals surface area contributed by atoms with Crippen molar-refractivity contribution in [3.8, 4) is 0 Å². The molecular weight excluding hydrogens is 308 g/mol. The molecule has 0 atom stereocenters. The predicted octanol–water partition coefficient (Wildman–Crippen LogP) is 1.70. The van der Waals surface area contributed by atoms with Crippen molar-refractivity contribution in [3.05, 3.63) is 35.9 Å². The number of benzene rings is 1. The summed E-state index contributed by atoms with van der Waals surface area (Å²) in [6, 6.07) is 9.20. The van der Waals surface area contributed by atoms with E-state index >= 15 is 0 Å². The number of piperidine rings is 1. The van der Waals surface area contributed by atoms with Crippen molar-refractivity contribution in [1.29, 1.82) is 0 Å². The van der Waals surface area contributed by atoms with Gasteiger partial charge in [-0.1, -0.05) is 30.3 Å². The molecule has 1 aromatic carbocycles. The fourth-order valence-electron chi connectivity index (χ4n) is 2.90. The van der Waals surface area contributed by atoms with Crippen LogP contribution in [-0.2, 0) is 9.59 Å². The first-order valence-corrected chi connectivity index (χ1v) is 8.36. The van der Waals surface area contributed by atoms with Gasteiger partial charge in [0.15, 0.2) is 5.78 Å². The standard InChI is InChI=1S/C18H24N2O4/c21-16(14-5-2-1-3-6-14)7-4-8-17(22)19-15-9-11-20(12-10-15)13-18(23)24/h1-3,5-6,15H,4,7-13H2,(H,19,22)(H,23,24). The Kier molecular flexibility index (Phi) is 6.93. The summed E-state index contributed by atoms with van der Waals surface area (Å²) >= 11 is 0. The number of nitrogens with one attached hydrogen (secondary N) is 1. The van der Waals surface area contributed by atoms with Gasteiger partial charge in [0, 0.05) is 37.5 Å². The van der Waals surface area contributed by atoms with Crippen molar-refractivity contribution in [2.45, 2.75) is 38.1 Å². The minimum atomic E-state index is -0.819. The SMILES string of the molecule is O=C(O)CN1CCC(NC(=O)CCCC(=O)c2ccccc2)CC1. The van der Waals surface area contributed by atoms with E-state index in [9.17, 15) is 14.4 Å². The number of likely N-dealkylation sites (tertiary alicyclic amines) is 1. The first-order valence-electron chi connectivity index (χ1n) is 8.36. The van der Waals surface area contributed by atoms with Crippen molar-refractivity contribution in [2.24, 2.45) is 0 Å². The lowest BCUT2D eigenvalue weighted by Gasteiger charge is -2.31. The number of aliphatic carboxylic acids is 1. The molecule has 130 valence electrons. The molecule has 24 heavy (non-hydrogen) atoms. The Hall–Kier alpha value is -2.21. The zero-order valence-corrected chi connectivity index (χ0v) is 13.7. The number of carboxylic acids is 1. The van der Waals surface area contributed by atoms with Crippen molar-refractivity contribution in [1.82, 2.24) is 10.2 Å². The topological polar surface area (TPSA) is 86.7 Å². The maximum atomic E-state index is 12.0. The van der Waals surface area contributed by atoms with Gasteiger partial charge in [-0.3, -0.25) is 19.3 Å². The molecule has 0 unspecified atom stereocenters. The van der Waals surface area contributed by atoms with Crippen molar-refractivity contribution in [2.75, 3.05) is 19.6 Å². The molecule has 1 heterocycles. The molecule has 0 spiro atoms. The van der Waals surface area contributed by atoms with E-state index in [1.54, 1.807) is 12.1 Å². The number of rotatable bonds is 8. The van der Waals surface area contributed by atoms with Gasteiger partial charge in [0.2, 0.25) is 5.91 Å². The highest BCUT2D eigenvalue weighted by Gasteiger charge is 2.21. The molecule has 1 aromatic rings. The third-order valence-electron chi connectivity index (χ3n) is 4.21. The fraction of sp³-hybridized carbons (Fsp3) is 0.500. The van der Waals surface area contributed by atoms with Crippen LogP contribution in [0.1, 0.15) is 42.5 Å². The number of hydrogen-bond donors (Lipinski definition) is 2. The average Bonchev–Trinajstić information content (AvgIpc) is 2.57. The second kappa shape index (κ2) is 9.17. The normalized spacial score (nSPS) is 15.8. The van der Waals surface area contributed by atoms with Gasteiger partial charge >= 0.3 is 5.97 Å². The molecule has 0 bridgehead atoms. The Morgan fingerprint density at radius 3 is 2.38 bits per heavy atom. The third kappa shape index (κ3) is 6.12. The number of hydrogen-bond acceptors (Lipinski definition) is 4. The summed E-state index contributed by atoms with van der Waals surface area (Å²) in [5.41, 5.74) is 0.684. The van der Waals surface area contributed by atoms with Gasteiger partial charge in [-0.15, -0.1) is 0 Å².